The first kappa shape index (κ1) is 35.6. The van der Waals surface area contributed by atoms with Crippen molar-refractivity contribution in [3.05, 3.63) is 215 Å². The highest BCUT2D eigenvalue weighted by molar-refractivity contribution is 6.19. The van der Waals surface area contributed by atoms with Gasteiger partial charge in [-0.25, -0.2) is 13.8 Å². The third-order valence-electron chi connectivity index (χ3n) is 11.7. The van der Waals surface area contributed by atoms with E-state index in [9.17, 15) is 0 Å². The number of aromatic nitrogens is 1. The fourth-order valence-electron chi connectivity index (χ4n) is 9.08. The van der Waals surface area contributed by atoms with E-state index in [4.69, 9.17) is 9.40 Å². The van der Waals surface area contributed by atoms with Gasteiger partial charge in [0.15, 0.2) is 0 Å². The first-order chi connectivity index (χ1) is 28.1. The van der Waals surface area contributed by atoms with Crippen molar-refractivity contribution in [1.82, 2.24) is 4.98 Å². The summed E-state index contributed by atoms with van der Waals surface area (Å²) in [5, 5.41) is 1.87. The van der Waals surface area contributed by atoms with E-state index in [-0.39, 0.29) is 17.0 Å². The molecule has 5 heteroatoms. The molecule has 9 aromatic rings. The Morgan fingerprint density at radius 3 is 1.97 bits per heavy atom. The molecular formula is C53H40F2N2O. The minimum absolute atomic E-state index is 0.0659. The van der Waals surface area contributed by atoms with E-state index >= 15 is 8.78 Å². The zero-order valence-electron chi connectivity index (χ0n) is 32.7. The predicted octanol–water partition coefficient (Wildman–Crippen LogP) is 14.4. The normalized spacial score (nSPS) is 13.1. The van der Waals surface area contributed by atoms with Crippen molar-refractivity contribution in [3.63, 3.8) is 0 Å². The lowest BCUT2D eigenvalue weighted by Crippen LogP contribution is -2.29. The second kappa shape index (κ2) is 13.4. The van der Waals surface area contributed by atoms with Crippen molar-refractivity contribution in [2.45, 2.75) is 38.5 Å². The SMILES string of the molecule is Cc1cnc(N(c2ccc(C(C)(C)C)cc2)c2cc3c(c4oc5ccccc5c24)-c2ccccc2C3(c2cccc(F)c2)c2cccc(F)c2)c(-c2ccccc2)c1. The number of hydrogen-bond donors (Lipinski definition) is 0. The largest absolute Gasteiger partial charge is 0.455 e. The summed E-state index contributed by atoms with van der Waals surface area (Å²) in [4.78, 5) is 7.49. The first-order valence-electron chi connectivity index (χ1n) is 19.7. The average molecular weight is 759 g/mol. The Balaban J connectivity index is 1.40. The van der Waals surface area contributed by atoms with Gasteiger partial charge < -0.3 is 4.42 Å². The molecule has 58 heavy (non-hydrogen) atoms. The zero-order chi connectivity index (χ0) is 39.8. The van der Waals surface area contributed by atoms with Crippen molar-refractivity contribution in [3.8, 4) is 22.3 Å². The standard InChI is InChI=1S/C53H40F2N2O/c1-33-28-43(34-14-6-5-7-15-34)51(56-32-33)57(40-26-24-35(25-27-40)52(2,3)4)46-31-45-48(50-49(46)42-21-9-11-23-47(42)58-50)41-20-8-10-22-44(41)53(45,36-16-12-18-38(54)29-36)37-17-13-19-39(55)30-37/h5-32H,1-4H3. The molecule has 0 saturated heterocycles. The molecule has 2 heterocycles. The lowest BCUT2D eigenvalue weighted by Gasteiger charge is -2.35. The fourth-order valence-corrected chi connectivity index (χ4v) is 9.08. The predicted molar refractivity (Wildman–Crippen MR) is 232 cm³/mol. The summed E-state index contributed by atoms with van der Waals surface area (Å²) < 4.78 is 38.3. The van der Waals surface area contributed by atoms with Crippen LogP contribution in [-0.2, 0) is 10.8 Å². The number of para-hydroxylation sites is 1. The van der Waals surface area contributed by atoms with E-state index < -0.39 is 5.41 Å². The van der Waals surface area contributed by atoms with Gasteiger partial charge in [0, 0.05) is 28.4 Å². The summed E-state index contributed by atoms with van der Waals surface area (Å²) in [6.07, 6.45) is 1.91. The molecule has 0 bridgehead atoms. The summed E-state index contributed by atoms with van der Waals surface area (Å²) in [6.45, 7) is 8.71. The van der Waals surface area contributed by atoms with Gasteiger partial charge in [-0.05, 0) is 111 Å². The van der Waals surface area contributed by atoms with Crippen LogP contribution in [-0.4, -0.2) is 4.98 Å². The average Bonchev–Trinajstić information content (AvgIpc) is 3.76. The van der Waals surface area contributed by atoms with E-state index in [0.29, 0.717) is 16.7 Å². The summed E-state index contributed by atoms with van der Waals surface area (Å²) >= 11 is 0. The van der Waals surface area contributed by atoms with Gasteiger partial charge in [0.1, 0.15) is 28.6 Å². The lowest BCUT2D eigenvalue weighted by atomic mass is 9.67. The monoisotopic (exact) mass is 758 g/mol. The third-order valence-corrected chi connectivity index (χ3v) is 11.7. The maximum atomic E-state index is 15.6. The van der Waals surface area contributed by atoms with E-state index in [1.165, 1.54) is 17.7 Å². The van der Waals surface area contributed by atoms with Crippen molar-refractivity contribution in [1.29, 1.82) is 0 Å². The van der Waals surface area contributed by atoms with Crippen molar-refractivity contribution in [2.24, 2.45) is 0 Å². The highest BCUT2D eigenvalue weighted by Crippen LogP contribution is 2.61. The smallest absolute Gasteiger partial charge is 0.145 e. The van der Waals surface area contributed by atoms with Crippen LogP contribution in [0.5, 0.6) is 0 Å². The number of halogens is 2. The number of pyridine rings is 1. The molecule has 7 aromatic carbocycles. The van der Waals surface area contributed by atoms with Gasteiger partial charge in [-0.2, -0.15) is 0 Å². The van der Waals surface area contributed by atoms with Gasteiger partial charge in [0.2, 0.25) is 0 Å². The summed E-state index contributed by atoms with van der Waals surface area (Å²) in [5.41, 5.74) is 11.2. The molecule has 0 atom stereocenters. The molecule has 1 aliphatic rings. The Hall–Kier alpha value is -6.85. The van der Waals surface area contributed by atoms with Gasteiger partial charge in [-0.1, -0.05) is 130 Å². The van der Waals surface area contributed by atoms with E-state index in [2.05, 4.69) is 99.3 Å². The Bertz CT molecular complexity index is 2990. The maximum absolute atomic E-state index is 15.6. The van der Waals surface area contributed by atoms with Gasteiger partial charge in [0.25, 0.3) is 0 Å². The summed E-state index contributed by atoms with van der Waals surface area (Å²) in [6, 6.07) is 53.2. The molecule has 2 aromatic heterocycles. The second-order valence-electron chi connectivity index (χ2n) is 16.3. The molecule has 0 saturated carbocycles. The summed E-state index contributed by atoms with van der Waals surface area (Å²) in [7, 11) is 0. The van der Waals surface area contributed by atoms with Crippen molar-refractivity contribution in [2.75, 3.05) is 4.90 Å². The fraction of sp³-hybridized carbons (Fsp3) is 0.113. The van der Waals surface area contributed by atoms with Crippen molar-refractivity contribution >= 4 is 39.1 Å². The first-order valence-corrected chi connectivity index (χ1v) is 19.7. The third kappa shape index (κ3) is 5.48. The molecule has 10 rings (SSSR count). The highest BCUT2D eigenvalue weighted by Gasteiger charge is 2.48. The lowest BCUT2D eigenvalue weighted by molar-refractivity contribution is 0.590. The molecule has 0 spiro atoms. The Kier molecular flexibility index (Phi) is 8.20. The number of anilines is 3. The van der Waals surface area contributed by atoms with Crippen LogP contribution < -0.4 is 4.90 Å². The number of benzene rings is 7. The van der Waals surface area contributed by atoms with Crippen molar-refractivity contribution < 1.29 is 13.2 Å². The Morgan fingerprint density at radius 2 is 1.28 bits per heavy atom. The van der Waals surface area contributed by atoms with E-state index in [1.54, 1.807) is 24.3 Å². The Labute approximate surface area is 336 Å². The number of fused-ring (bicyclic) bond motifs is 7. The number of rotatable bonds is 6. The van der Waals surface area contributed by atoms with Crippen LogP contribution >= 0.6 is 0 Å². The van der Waals surface area contributed by atoms with Crippen LogP contribution in [0.1, 0.15) is 54.2 Å². The van der Waals surface area contributed by atoms with Gasteiger partial charge in [-0.15, -0.1) is 0 Å². The molecule has 0 N–H and O–H groups in total. The van der Waals surface area contributed by atoms with E-state index in [1.807, 2.05) is 66.9 Å². The van der Waals surface area contributed by atoms with Gasteiger partial charge in [0.05, 0.1) is 16.5 Å². The highest BCUT2D eigenvalue weighted by atomic mass is 19.1. The van der Waals surface area contributed by atoms with Gasteiger partial charge in [-0.3, -0.25) is 4.90 Å². The van der Waals surface area contributed by atoms with Crippen LogP contribution in [0.2, 0.25) is 0 Å². The topological polar surface area (TPSA) is 29.3 Å². The minimum atomic E-state index is -1.12. The molecule has 1 aliphatic carbocycles. The molecule has 282 valence electrons. The van der Waals surface area contributed by atoms with Crippen LogP contribution in [0.4, 0.5) is 26.0 Å². The van der Waals surface area contributed by atoms with Gasteiger partial charge >= 0.3 is 0 Å². The molecule has 0 aliphatic heterocycles. The molecular weight excluding hydrogens is 719 g/mol. The molecule has 0 unspecified atom stereocenters. The number of hydrogen-bond acceptors (Lipinski definition) is 3. The summed E-state index contributed by atoms with van der Waals surface area (Å²) in [5.74, 6) is -0.00759. The van der Waals surface area contributed by atoms with Crippen LogP contribution in [0.15, 0.2) is 174 Å². The Morgan fingerprint density at radius 1 is 0.621 bits per heavy atom. The number of aryl methyl sites for hydroxylation is 1. The van der Waals surface area contributed by atoms with Crippen LogP contribution in [0, 0.1) is 18.6 Å². The van der Waals surface area contributed by atoms with Crippen LogP contribution in [0.25, 0.3) is 44.2 Å². The molecule has 0 amide bonds. The van der Waals surface area contributed by atoms with E-state index in [0.717, 1.165) is 72.5 Å². The second-order valence-corrected chi connectivity index (χ2v) is 16.3. The molecule has 0 radical (unpaired) electrons. The van der Waals surface area contributed by atoms with Crippen LogP contribution in [0.3, 0.4) is 0 Å². The maximum Gasteiger partial charge on any atom is 0.145 e. The molecule has 0 fully saturated rings. The number of nitrogens with zero attached hydrogens (tertiary/aromatic N) is 2. The zero-order valence-corrected chi connectivity index (χ0v) is 32.7. The quantitative estimate of drug-likeness (QED) is 0.169. The minimum Gasteiger partial charge on any atom is -0.455 e. The number of furan rings is 1. The molecule has 3 nitrogen and oxygen atoms in total.